The minimum absolute atomic E-state index is 0.113. The number of hydrogen-bond acceptors (Lipinski definition) is 6. The normalized spacial score (nSPS) is 19.4. The summed E-state index contributed by atoms with van der Waals surface area (Å²) in [5.41, 5.74) is 1.64. The van der Waals surface area contributed by atoms with Crippen LogP contribution in [0.1, 0.15) is 23.6 Å². The number of H-pyrrole nitrogens is 1. The summed E-state index contributed by atoms with van der Waals surface area (Å²) in [7, 11) is 0. The Hall–Kier alpha value is -1.99. The molecule has 22 heavy (non-hydrogen) atoms. The van der Waals surface area contributed by atoms with Crippen LogP contribution in [0.2, 0.25) is 0 Å². The smallest absolute Gasteiger partial charge is 0.250 e. The quantitative estimate of drug-likeness (QED) is 0.883. The monoisotopic (exact) mass is 304 g/mol. The maximum Gasteiger partial charge on any atom is 0.250 e. The molecule has 0 aliphatic carbocycles. The number of hydrogen-bond donors (Lipinski definition) is 1. The highest BCUT2D eigenvalue weighted by molar-refractivity contribution is 5.03. The molecule has 1 saturated heterocycles. The third-order valence-corrected chi connectivity index (χ3v) is 3.74. The van der Waals surface area contributed by atoms with Gasteiger partial charge in [0.15, 0.2) is 0 Å². The average Bonchev–Trinajstić information content (AvgIpc) is 2.91. The first-order valence-corrected chi connectivity index (χ1v) is 7.49. The van der Waals surface area contributed by atoms with Gasteiger partial charge in [-0.15, -0.1) is 0 Å². The van der Waals surface area contributed by atoms with Crippen LogP contribution in [0.25, 0.3) is 0 Å². The molecule has 0 bridgehead atoms. The summed E-state index contributed by atoms with van der Waals surface area (Å²) in [6.45, 7) is 5.14. The lowest BCUT2D eigenvalue weighted by molar-refractivity contribution is -0.0352. The maximum absolute atomic E-state index is 11.2. The second kappa shape index (κ2) is 6.85. The van der Waals surface area contributed by atoms with Crippen molar-refractivity contribution < 1.29 is 9.26 Å². The molecular weight excluding hydrogens is 284 g/mol. The van der Waals surface area contributed by atoms with E-state index >= 15 is 0 Å². The van der Waals surface area contributed by atoms with Gasteiger partial charge in [-0.05, 0) is 19.8 Å². The van der Waals surface area contributed by atoms with Gasteiger partial charge in [0.05, 0.1) is 24.7 Å². The van der Waals surface area contributed by atoms with E-state index in [1.807, 2.05) is 13.0 Å². The Morgan fingerprint density at radius 3 is 3.09 bits per heavy atom. The predicted molar refractivity (Wildman–Crippen MR) is 79.4 cm³/mol. The summed E-state index contributed by atoms with van der Waals surface area (Å²) in [5.74, 6) is 0.834. The summed E-state index contributed by atoms with van der Waals surface area (Å²) in [6, 6.07) is 3.50. The highest BCUT2D eigenvalue weighted by Gasteiger charge is 2.21. The van der Waals surface area contributed by atoms with Crippen LogP contribution in [0.4, 0.5) is 0 Å². The molecule has 0 aromatic carbocycles. The van der Waals surface area contributed by atoms with Crippen molar-refractivity contribution in [1.29, 1.82) is 0 Å². The number of nitrogens with one attached hydrogen (secondary N) is 1. The van der Waals surface area contributed by atoms with Crippen LogP contribution in [-0.2, 0) is 17.7 Å². The zero-order chi connectivity index (χ0) is 15.4. The van der Waals surface area contributed by atoms with Gasteiger partial charge in [-0.3, -0.25) is 9.69 Å². The third kappa shape index (κ3) is 4.02. The van der Waals surface area contributed by atoms with Crippen molar-refractivity contribution in [3.05, 3.63) is 46.0 Å². The zero-order valence-electron chi connectivity index (χ0n) is 12.6. The van der Waals surface area contributed by atoms with Crippen molar-refractivity contribution >= 4 is 0 Å². The van der Waals surface area contributed by atoms with E-state index in [0.29, 0.717) is 6.61 Å². The standard InChI is InChI=1S/C15H20N4O3/c1-11-6-13(18-22-11)8-19-4-5-21-14(9-19)3-2-12-7-15(20)17-10-16-12/h6-7,10,14H,2-5,8-9H2,1H3,(H,16,17,20)/t14-/m1/s1. The predicted octanol–water partition coefficient (Wildman–Crippen LogP) is 0.900. The lowest BCUT2D eigenvalue weighted by Crippen LogP contribution is -2.42. The van der Waals surface area contributed by atoms with E-state index in [9.17, 15) is 4.79 Å². The summed E-state index contributed by atoms with van der Waals surface area (Å²) in [4.78, 5) is 20.3. The van der Waals surface area contributed by atoms with Crippen LogP contribution in [0.15, 0.2) is 27.8 Å². The van der Waals surface area contributed by atoms with Crippen molar-refractivity contribution in [2.24, 2.45) is 0 Å². The molecule has 1 aliphatic heterocycles. The van der Waals surface area contributed by atoms with Crippen molar-refractivity contribution in [2.45, 2.75) is 32.4 Å². The molecule has 2 aromatic rings. The fourth-order valence-corrected chi connectivity index (χ4v) is 2.67. The van der Waals surface area contributed by atoms with Gasteiger partial charge in [0.25, 0.3) is 5.56 Å². The molecular formula is C15H20N4O3. The van der Waals surface area contributed by atoms with E-state index < -0.39 is 0 Å². The van der Waals surface area contributed by atoms with Crippen molar-refractivity contribution in [1.82, 2.24) is 20.0 Å². The first-order chi connectivity index (χ1) is 10.7. The second-order valence-electron chi connectivity index (χ2n) is 5.60. The highest BCUT2D eigenvalue weighted by Crippen LogP contribution is 2.14. The van der Waals surface area contributed by atoms with Crippen LogP contribution in [-0.4, -0.2) is 45.8 Å². The lowest BCUT2D eigenvalue weighted by atomic mass is 10.1. The van der Waals surface area contributed by atoms with Crippen LogP contribution in [0.3, 0.4) is 0 Å². The van der Waals surface area contributed by atoms with E-state index in [2.05, 4.69) is 20.0 Å². The Kier molecular flexibility index (Phi) is 4.65. The number of ether oxygens (including phenoxy) is 1. The molecule has 3 rings (SSSR count). The van der Waals surface area contributed by atoms with Crippen LogP contribution in [0, 0.1) is 6.92 Å². The van der Waals surface area contributed by atoms with E-state index in [4.69, 9.17) is 9.26 Å². The topological polar surface area (TPSA) is 84.2 Å². The Bertz CT molecular complexity index is 667. The van der Waals surface area contributed by atoms with Gasteiger partial charge in [-0.1, -0.05) is 5.16 Å². The Morgan fingerprint density at radius 1 is 1.41 bits per heavy atom. The molecule has 118 valence electrons. The first kappa shape index (κ1) is 14.9. The van der Waals surface area contributed by atoms with Crippen LogP contribution < -0.4 is 5.56 Å². The maximum atomic E-state index is 11.2. The summed E-state index contributed by atoms with van der Waals surface area (Å²) in [5, 5.41) is 4.03. The Balaban J connectivity index is 1.51. The SMILES string of the molecule is Cc1cc(CN2CCO[C@H](CCc3cc(=O)[nH]cn3)C2)no1. The minimum atomic E-state index is -0.113. The molecule has 1 N–H and O–H groups in total. The molecule has 0 spiro atoms. The average molecular weight is 304 g/mol. The van der Waals surface area contributed by atoms with Gasteiger partial charge in [0.2, 0.25) is 0 Å². The number of aromatic amines is 1. The fourth-order valence-electron chi connectivity index (χ4n) is 2.67. The summed E-state index contributed by atoms with van der Waals surface area (Å²) < 4.78 is 10.9. The summed E-state index contributed by atoms with van der Waals surface area (Å²) in [6.07, 6.45) is 3.19. The van der Waals surface area contributed by atoms with Gasteiger partial charge < -0.3 is 14.2 Å². The Labute approximate surface area is 128 Å². The lowest BCUT2D eigenvalue weighted by Gasteiger charge is -2.32. The molecule has 7 nitrogen and oxygen atoms in total. The van der Waals surface area contributed by atoms with E-state index in [1.165, 1.54) is 6.33 Å². The van der Waals surface area contributed by atoms with Gasteiger partial charge in [-0.2, -0.15) is 0 Å². The largest absolute Gasteiger partial charge is 0.376 e. The van der Waals surface area contributed by atoms with Crippen molar-refractivity contribution in [3.8, 4) is 0 Å². The van der Waals surface area contributed by atoms with Gasteiger partial charge >= 0.3 is 0 Å². The minimum Gasteiger partial charge on any atom is -0.376 e. The van der Waals surface area contributed by atoms with E-state index in [-0.39, 0.29) is 11.7 Å². The third-order valence-electron chi connectivity index (χ3n) is 3.74. The number of aryl methyl sites for hydroxylation is 2. The molecule has 1 aliphatic rings. The zero-order valence-corrected chi connectivity index (χ0v) is 12.6. The molecule has 1 fully saturated rings. The van der Waals surface area contributed by atoms with Crippen molar-refractivity contribution in [2.75, 3.05) is 19.7 Å². The number of rotatable bonds is 5. The number of nitrogens with zero attached hydrogens (tertiary/aromatic N) is 3. The molecule has 0 saturated carbocycles. The summed E-state index contributed by atoms with van der Waals surface area (Å²) >= 11 is 0. The molecule has 0 amide bonds. The molecule has 3 heterocycles. The van der Waals surface area contributed by atoms with Gasteiger partial charge in [0.1, 0.15) is 5.76 Å². The van der Waals surface area contributed by atoms with E-state index in [1.54, 1.807) is 6.07 Å². The molecule has 7 heteroatoms. The van der Waals surface area contributed by atoms with Crippen LogP contribution >= 0.6 is 0 Å². The van der Waals surface area contributed by atoms with Gasteiger partial charge in [-0.25, -0.2) is 4.98 Å². The second-order valence-corrected chi connectivity index (χ2v) is 5.60. The van der Waals surface area contributed by atoms with Crippen LogP contribution in [0.5, 0.6) is 0 Å². The number of morpholine rings is 1. The molecule has 0 radical (unpaired) electrons. The van der Waals surface area contributed by atoms with Crippen molar-refractivity contribution in [3.63, 3.8) is 0 Å². The number of aromatic nitrogens is 3. The van der Waals surface area contributed by atoms with E-state index in [0.717, 1.165) is 49.6 Å². The molecule has 2 aromatic heterocycles. The first-order valence-electron chi connectivity index (χ1n) is 7.49. The Morgan fingerprint density at radius 2 is 2.32 bits per heavy atom. The molecule has 1 atom stereocenters. The highest BCUT2D eigenvalue weighted by atomic mass is 16.5. The molecule has 0 unspecified atom stereocenters. The van der Waals surface area contributed by atoms with Gasteiger partial charge in [0, 0.05) is 37.5 Å². The fraction of sp³-hybridized carbons (Fsp3) is 0.533.